The molecule has 0 fully saturated rings. The highest BCUT2D eigenvalue weighted by molar-refractivity contribution is 7.80. The van der Waals surface area contributed by atoms with E-state index in [1.54, 1.807) is 14.2 Å². The molecular weight excluding hydrogens is 474 g/mol. The van der Waals surface area contributed by atoms with Crippen LogP contribution in [0.15, 0.2) is 77.6 Å². The molecule has 4 aromatic rings. The van der Waals surface area contributed by atoms with Gasteiger partial charge in [-0.05, 0) is 85.4 Å². The summed E-state index contributed by atoms with van der Waals surface area (Å²) in [6.45, 7) is 3.37. The lowest BCUT2D eigenvalue weighted by atomic mass is 10.1. The first kappa shape index (κ1) is 25.1. The standard InChI is InChI=1S/C28H29N3O4S/c1-4-35-24-11-7-22(8-12-24)29-28(36)31(17-19-5-9-23(33-2)10-6-19)18-21-15-20-16-25(34-3)13-14-26(20)30-27(21)32/h5-16H,4,17-18H2,1-3H3,(H,29,36)(H,30,32). The molecule has 4 rings (SSSR count). The monoisotopic (exact) mass is 503 g/mol. The molecule has 2 N–H and O–H groups in total. The summed E-state index contributed by atoms with van der Waals surface area (Å²) < 4.78 is 16.2. The molecule has 0 radical (unpaired) electrons. The number of pyridine rings is 1. The Morgan fingerprint density at radius 3 is 2.22 bits per heavy atom. The lowest BCUT2D eigenvalue weighted by molar-refractivity contribution is 0.340. The molecule has 0 aliphatic rings. The summed E-state index contributed by atoms with van der Waals surface area (Å²) >= 11 is 5.79. The number of fused-ring (bicyclic) bond motifs is 1. The van der Waals surface area contributed by atoms with Gasteiger partial charge in [-0.2, -0.15) is 0 Å². The fourth-order valence-electron chi connectivity index (χ4n) is 3.83. The molecule has 3 aromatic carbocycles. The van der Waals surface area contributed by atoms with Crippen LogP contribution in [0.5, 0.6) is 17.2 Å². The van der Waals surface area contributed by atoms with Crippen molar-refractivity contribution in [1.82, 2.24) is 9.88 Å². The molecule has 0 amide bonds. The fraction of sp³-hybridized carbons (Fsp3) is 0.214. The Bertz CT molecular complexity index is 1390. The number of nitrogens with zero attached hydrogens (tertiary/aromatic N) is 1. The Morgan fingerprint density at radius 1 is 0.889 bits per heavy atom. The topological polar surface area (TPSA) is 75.8 Å². The number of aromatic amines is 1. The second-order valence-electron chi connectivity index (χ2n) is 8.17. The number of hydrogen-bond donors (Lipinski definition) is 2. The van der Waals surface area contributed by atoms with Crippen LogP contribution < -0.4 is 25.1 Å². The number of thiocarbonyl (C=S) groups is 1. The highest BCUT2D eigenvalue weighted by Crippen LogP contribution is 2.21. The van der Waals surface area contributed by atoms with E-state index < -0.39 is 0 Å². The fourth-order valence-corrected chi connectivity index (χ4v) is 4.08. The Kier molecular flexibility index (Phi) is 8.07. The van der Waals surface area contributed by atoms with Gasteiger partial charge in [-0.3, -0.25) is 4.79 Å². The van der Waals surface area contributed by atoms with Gasteiger partial charge in [0.15, 0.2) is 5.11 Å². The molecule has 1 heterocycles. The number of hydrogen-bond acceptors (Lipinski definition) is 5. The highest BCUT2D eigenvalue weighted by atomic mass is 32.1. The molecule has 1 aromatic heterocycles. The first-order valence-corrected chi connectivity index (χ1v) is 12.0. The summed E-state index contributed by atoms with van der Waals surface area (Å²) in [6.07, 6.45) is 0. The van der Waals surface area contributed by atoms with Crippen LogP contribution in [0.25, 0.3) is 10.9 Å². The molecule has 0 spiro atoms. The third kappa shape index (κ3) is 6.14. The van der Waals surface area contributed by atoms with Crippen LogP contribution in [0.3, 0.4) is 0 Å². The molecule has 8 heteroatoms. The molecule has 0 unspecified atom stereocenters. The number of H-pyrrole nitrogens is 1. The lowest BCUT2D eigenvalue weighted by Crippen LogP contribution is -2.35. The van der Waals surface area contributed by atoms with E-state index in [0.29, 0.717) is 30.4 Å². The van der Waals surface area contributed by atoms with Gasteiger partial charge in [0.2, 0.25) is 0 Å². The van der Waals surface area contributed by atoms with Gasteiger partial charge in [0.1, 0.15) is 17.2 Å². The van der Waals surface area contributed by atoms with Gasteiger partial charge in [0.25, 0.3) is 5.56 Å². The molecule has 186 valence electrons. The van der Waals surface area contributed by atoms with Crippen LogP contribution in [0.1, 0.15) is 18.1 Å². The van der Waals surface area contributed by atoms with Gasteiger partial charge in [-0.15, -0.1) is 0 Å². The van der Waals surface area contributed by atoms with E-state index in [-0.39, 0.29) is 5.56 Å². The van der Waals surface area contributed by atoms with Crippen molar-refractivity contribution in [1.29, 1.82) is 0 Å². The predicted octanol–water partition coefficient (Wildman–Crippen LogP) is 5.34. The van der Waals surface area contributed by atoms with Crippen molar-refractivity contribution in [2.45, 2.75) is 20.0 Å². The molecule has 0 saturated carbocycles. The first-order chi connectivity index (χ1) is 17.5. The summed E-state index contributed by atoms with van der Waals surface area (Å²) in [5.41, 5.74) is 3.06. The zero-order valence-corrected chi connectivity index (χ0v) is 21.4. The van der Waals surface area contributed by atoms with Crippen molar-refractivity contribution in [3.05, 3.63) is 94.3 Å². The Labute approximate surface area is 215 Å². The number of aromatic nitrogens is 1. The van der Waals surface area contributed by atoms with Gasteiger partial charge in [0, 0.05) is 28.7 Å². The summed E-state index contributed by atoms with van der Waals surface area (Å²) in [5.74, 6) is 2.30. The number of nitrogens with one attached hydrogen (secondary N) is 2. The largest absolute Gasteiger partial charge is 0.497 e. The van der Waals surface area contributed by atoms with Crippen molar-refractivity contribution in [3.8, 4) is 17.2 Å². The number of methoxy groups -OCH3 is 2. The van der Waals surface area contributed by atoms with Gasteiger partial charge in [-0.25, -0.2) is 0 Å². The van der Waals surface area contributed by atoms with Crippen LogP contribution in [0.2, 0.25) is 0 Å². The Morgan fingerprint density at radius 2 is 1.56 bits per heavy atom. The maximum atomic E-state index is 12.9. The lowest BCUT2D eigenvalue weighted by Gasteiger charge is -2.26. The maximum absolute atomic E-state index is 12.9. The average molecular weight is 504 g/mol. The molecule has 7 nitrogen and oxygen atoms in total. The Balaban J connectivity index is 1.62. The van der Waals surface area contributed by atoms with Crippen LogP contribution in [0.4, 0.5) is 5.69 Å². The number of anilines is 1. The summed E-state index contributed by atoms with van der Waals surface area (Å²) in [6, 6.07) is 22.9. The minimum Gasteiger partial charge on any atom is -0.497 e. The number of rotatable bonds is 9. The predicted molar refractivity (Wildman–Crippen MR) is 147 cm³/mol. The molecule has 0 bridgehead atoms. The van der Waals surface area contributed by atoms with Crippen LogP contribution in [0, 0.1) is 0 Å². The normalized spacial score (nSPS) is 10.6. The molecular formula is C28H29N3O4S. The smallest absolute Gasteiger partial charge is 0.253 e. The first-order valence-electron chi connectivity index (χ1n) is 11.6. The van der Waals surface area contributed by atoms with Crippen molar-refractivity contribution >= 4 is 33.9 Å². The van der Waals surface area contributed by atoms with E-state index in [1.807, 2.05) is 84.6 Å². The number of ether oxygens (including phenoxy) is 3. The minimum absolute atomic E-state index is 0.156. The van der Waals surface area contributed by atoms with E-state index in [4.69, 9.17) is 26.4 Å². The molecule has 0 saturated heterocycles. The van der Waals surface area contributed by atoms with Crippen molar-refractivity contribution in [2.24, 2.45) is 0 Å². The summed E-state index contributed by atoms with van der Waals surface area (Å²) in [5, 5.41) is 4.68. The minimum atomic E-state index is -0.156. The maximum Gasteiger partial charge on any atom is 0.253 e. The van der Waals surface area contributed by atoms with E-state index >= 15 is 0 Å². The van der Waals surface area contributed by atoms with Gasteiger partial charge in [0.05, 0.1) is 27.4 Å². The van der Waals surface area contributed by atoms with E-state index in [2.05, 4.69) is 10.3 Å². The van der Waals surface area contributed by atoms with Crippen LogP contribution in [-0.2, 0) is 13.1 Å². The average Bonchev–Trinajstić information content (AvgIpc) is 2.90. The second kappa shape index (κ2) is 11.6. The molecule has 36 heavy (non-hydrogen) atoms. The molecule has 0 aliphatic heterocycles. The number of benzene rings is 3. The zero-order chi connectivity index (χ0) is 25.5. The third-order valence-electron chi connectivity index (χ3n) is 5.73. The highest BCUT2D eigenvalue weighted by Gasteiger charge is 2.15. The Hall–Kier alpha value is -4.04. The summed E-state index contributed by atoms with van der Waals surface area (Å²) in [7, 11) is 3.26. The zero-order valence-electron chi connectivity index (χ0n) is 20.5. The van der Waals surface area contributed by atoms with Gasteiger partial charge in [-0.1, -0.05) is 12.1 Å². The van der Waals surface area contributed by atoms with E-state index in [0.717, 1.165) is 39.4 Å². The van der Waals surface area contributed by atoms with Crippen LogP contribution >= 0.6 is 12.2 Å². The van der Waals surface area contributed by atoms with Crippen molar-refractivity contribution in [2.75, 3.05) is 26.1 Å². The van der Waals surface area contributed by atoms with Crippen LogP contribution in [-0.4, -0.2) is 35.8 Å². The van der Waals surface area contributed by atoms with Gasteiger partial charge >= 0.3 is 0 Å². The molecule has 0 atom stereocenters. The van der Waals surface area contributed by atoms with E-state index in [9.17, 15) is 4.79 Å². The van der Waals surface area contributed by atoms with Gasteiger partial charge < -0.3 is 29.4 Å². The summed E-state index contributed by atoms with van der Waals surface area (Å²) in [4.78, 5) is 17.9. The SMILES string of the molecule is CCOc1ccc(NC(=S)N(Cc2ccc(OC)cc2)Cc2cc3cc(OC)ccc3[nH]c2=O)cc1. The third-order valence-corrected chi connectivity index (χ3v) is 6.09. The van der Waals surface area contributed by atoms with Crippen molar-refractivity contribution < 1.29 is 14.2 Å². The van der Waals surface area contributed by atoms with E-state index in [1.165, 1.54) is 0 Å². The van der Waals surface area contributed by atoms with Crippen molar-refractivity contribution in [3.63, 3.8) is 0 Å². The quantitative estimate of drug-likeness (QED) is 0.299. The molecule has 0 aliphatic carbocycles. The second-order valence-corrected chi connectivity index (χ2v) is 8.56.